The molecule has 2 saturated heterocycles. The van der Waals surface area contributed by atoms with Gasteiger partial charge in [0.1, 0.15) is 0 Å². The summed E-state index contributed by atoms with van der Waals surface area (Å²) in [5, 5.41) is 3.46. The third kappa shape index (κ3) is 2.29. The van der Waals surface area contributed by atoms with Crippen molar-refractivity contribution < 1.29 is 4.79 Å². The lowest BCUT2D eigenvalue weighted by atomic mass is 9.93. The summed E-state index contributed by atoms with van der Waals surface area (Å²) in [6.07, 6.45) is 1.05. The van der Waals surface area contributed by atoms with Crippen LogP contribution in [0.4, 0.5) is 0 Å². The van der Waals surface area contributed by atoms with E-state index in [0.29, 0.717) is 17.9 Å². The summed E-state index contributed by atoms with van der Waals surface area (Å²) in [5.74, 6) is 1.51. The zero-order valence-corrected chi connectivity index (χ0v) is 13.3. The van der Waals surface area contributed by atoms with Crippen LogP contribution in [0.3, 0.4) is 0 Å². The predicted molar refractivity (Wildman–Crippen MR) is 84.1 cm³/mol. The van der Waals surface area contributed by atoms with Crippen molar-refractivity contribution in [3.05, 3.63) is 33.4 Å². The van der Waals surface area contributed by atoms with Crippen LogP contribution in [-0.2, 0) is 0 Å². The highest BCUT2D eigenvalue weighted by atomic mass is 127. The van der Waals surface area contributed by atoms with Gasteiger partial charge in [-0.05, 0) is 53.0 Å². The number of likely N-dealkylation sites (tertiary alicyclic amines) is 1. The Kier molecular flexibility index (Phi) is 3.80. The Hall–Kier alpha value is -0.620. The number of nitrogens with zero attached hydrogens (tertiary/aromatic N) is 1. The molecule has 1 aromatic carbocycles. The van der Waals surface area contributed by atoms with Crippen LogP contribution in [0, 0.1) is 15.4 Å². The van der Waals surface area contributed by atoms with E-state index in [2.05, 4.69) is 39.7 Å². The summed E-state index contributed by atoms with van der Waals surface area (Å²) in [4.78, 5) is 14.9. The fourth-order valence-electron chi connectivity index (χ4n) is 3.57. The Balaban J connectivity index is 1.86. The van der Waals surface area contributed by atoms with Crippen LogP contribution in [0.25, 0.3) is 0 Å². The van der Waals surface area contributed by atoms with Gasteiger partial charge in [-0.2, -0.15) is 0 Å². The molecule has 4 heteroatoms. The van der Waals surface area contributed by atoms with Crippen molar-refractivity contribution in [2.75, 3.05) is 19.6 Å². The first kappa shape index (κ1) is 13.4. The molecule has 0 aliphatic carbocycles. The molecule has 2 aliphatic rings. The molecule has 2 aliphatic heterocycles. The van der Waals surface area contributed by atoms with Gasteiger partial charge in [0.15, 0.2) is 0 Å². The second-order valence-electron chi connectivity index (χ2n) is 5.50. The Labute approximate surface area is 127 Å². The smallest absolute Gasteiger partial charge is 0.255 e. The van der Waals surface area contributed by atoms with E-state index in [1.807, 2.05) is 24.3 Å². The number of hydrogen-bond donors (Lipinski definition) is 1. The normalized spacial score (nSPS) is 29.6. The van der Waals surface area contributed by atoms with Crippen molar-refractivity contribution in [1.29, 1.82) is 0 Å². The number of benzene rings is 1. The standard InChI is InChI=1S/C15H19IN2O/c1-2-14-12-8-17-7-10(12)9-18(14)15(19)11-5-3-4-6-13(11)16/h3-6,10,12,14,17H,2,7-9H2,1H3. The van der Waals surface area contributed by atoms with Gasteiger partial charge in [-0.15, -0.1) is 0 Å². The minimum absolute atomic E-state index is 0.214. The molecular formula is C15H19IN2O. The van der Waals surface area contributed by atoms with Gasteiger partial charge < -0.3 is 10.2 Å². The van der Waals surface area contributed by atoms with Crippen molar-refractivity contribution in [1.82, 2.24) is 10.2 Å². The molecule has 3 atom stereocenters. The molecule has 1 aromatic rings. The third-order valence-corrected chi connectivity index (χ3v) is 5.44. The van der Waals surface area contributed by atoms with Gasteiger partial charge in [-0.25, -0.2) is 0 Å². The lowest BCUT2D eigenvalue weighted by molar-refractivity contribution is 0.0710. The zero-order valence-electron chi connectivity index (χ0n) is 11.1. The first-order chi connectivity index (χ1) is 9.22. The van der Waals surface area contributed by atoms with Crippen molar-refractivity contribution in [3.63, 3.8) is 0 Å². The SMILES string of the molecule is CCC1C2CNCC2CN1C(=O)c1ccccc1I. The Morgan fingerprint density at radius 2 is 2.21 bits per heavy atom. The predicted octanol–water partition coefficient (Wildman–Crippen LogP) is 2.36. The first-order valence-electron chi connectivity index (χ1n) is 6.98. The highest BCUT2D eigenvalue weighted by Gasteiger charge is 2.45. The number of nitrogens with one attached hydrogen (secondary N) is 1. The molecular weight excluding hydrogens is 351 g/mol. The van der Waals surface area contributed by atoms with Gasteiger partial charge in [0.2, 0.25) is 0 Å². The lowest BCUT2D eigenvalue weighted by Crippen LogP contribution is -2.39. The fraction of sp³-hybridized carbons (Fsp3) is 0.533. The van der Waals surface area contributed by atoms with Crippen LogP contribution in [-0.4, -0.2) is 36.5 Å². The van der Waals surface area contributed by atoms with Gasteiger partial charge in [0.05, 0.1) is 5.56 Å². The number of rotatable bonds is 2. The maximum atomic E-state index is 12.8. The molecule has 1 amide bonds. The third-order valence-electron chi connectivity index (χ3n) is 4.50. The quantitative estimate of drug-likeness (QED) is 0.811. The average molecular weight is 370 g/mol. The topological polar surface area (TPSA) is 32.3 Å². The lowest BCUT2D eigenvalue weighted by Gasteiger charge is -2.27. The molecule has 2 fully saturated rings. The summed E-state index contributed by atoms with van der Waals surface area (Å²) in [7, 11) is 0. The number of fused-ring (bicyclic) bond motifs is 1. The molecule has 0 spiro atoms. The monoisotopic (exact) mass is 370 g/mol. The summed E-state index contributed by atoms with van der Waals surface area (Å²) in [6.45, 7) is 5.25. The van der Waals surface area contributed by atoms with E-state index < -0.39 is 0 Å². The minimum atomic E-state index is 0.214. The zero-order chi connectivity index (χ0) is 13.4. The molecule has 0 radical (unpaired) electrons. The summed E-state index contributed by atoms with van der Waals surface area (Å²) in [6, 6.07) is 8.30. The molecule has 3 rings (SSSR count). The van der Waals surface area contributed by atoms with Crippen LogP contribution in [0.1, 0.15) is 23.7 Å². The molecule has 0 aromatic heterocycles. The van der Waals surface area contributed by atoms with Crippen molar-refractivity contribution in [2.45, 2.75) is 19.4 Å². The van der Waals surface area contributed by atoms with Gasteiger partial charge in [-0.1, -0.05) is 19.1 Å². The summed E-state index contributed by atoms with van der Waals surface area (Å²) in [5.41, 5.74) is 0.856. The van der Waals surface area contributed by atoms with Crippen LogP contribution >= 0.6 is 22.6 Å². The van der Waals surface area contributed by atoms with Gasteiger partial charge in [0, 0.05) is 29.2 Å². The largest absolute Gasteiger partial charge is 0.335 e. The molecule has 1 N–H and O–H groups in total. The van der Waals surface area contributed by atoms with Gasteiger partial charge in [0.25, 0.3) is 5.91 Å². The van der Waals surface area contributed by atoms with Crippen LogP contribution in [0.15, 0.2) is 24.3 Å². The van der Waals surface area contributed by atoms with Crippen molar-refractivity contribution in [3.8, 4) is 0 Å². The van der Waals surface area contributed by atoms with E-state index in [1.165, 1.54) is 0 Å². The highest BCUT2D eigenvalue weighted by Crippen LogP contribution is 2.35. The average Bonchev–Trinajstić information content (AvgIpc) is 2.98. The second kappa shape index (κ2) is 5.40. The van der Waals surface area contributed by atoms with E-state index in [9.17, 15) is 4.79 Å². The molecule has 0 saturated carbocycles. The molecule has 0 bridgehead atoms. The fourth-order valence-corrected chi connectivity index (χ4v) is 4.19. The summed E-state index contributed by atoms with van der Waals surface area (Å²) < 4.78 is 1.05. The molecule has 19 heavy (non-hydrogen) atoms. The first-order valence-corrected chi connectivity index (χ1v) is 8.06. The number of halogens is 1. The molecule has 102 valence electrons. The Morgan fingerprint density at radius 1 is 1.42 bits per heavy atom. The van der Waals surface area contributed by atoms with Gasteiger partial charge >= 0.3 is 0 Å². The Morgan fingerprint density at radius 3 is 2.95 bits per heavy atom. The van der Waals surface area contributed by atoms with Crippen LogP contribution in [0.5, 0.6) is 0 Å². The van der Waals surface area contributed by atoms with E-state index in [0.717, 1.165) is 35.2 Å². The summed E-state index contributed by atoms with van der Waals surface area (Å²) >= 11 is 2.26. The highest BCUT2D eigenvalue weighted by molar-refractivity contribution is 14.1. The maximum absolute atomic E-state index is 12.8. The van der Waals surface area contributed by atoms with Crippen LogP contribution < -0.4 is 5.32 Å². The number of carbonyl (C=O) groups excluding carboxylic acids is 1. The molecule has 2 heterocycles. The van der Waals surface area contributed by atoms with E-state index in [-0.39, 0.29) is 5.91 Å². The van der Waals surface area contributed by atoms with Gasteiger partial charge in [-0.3, -0.25) is 4.79 Å². The van der Waals surface area contributed by atoms with E-state index in [4.69, 9.17) is 0 Å². The second-order valence-corrected chi connectivity index (χ2v) is 6.66. The van der Waals surface area contributed by atoms with E-state index in [1.54, 1.807) is 0 Å². The molecule has 3 nitrogen and oxygen atoms in total. The number of amides is 1. The van der Waals surface area contributed by atoms with Crippen LogP contribution in [0.2, 0.25) is 0 Å². The van der Waals surface area contributed by atoms with Crippen molar-refractivity contribution >= 4 is 28.5 Å². The minimum Gasteiger partial charge on any atom is -0.335 e. The number of hydrogen-bond acceptors (Lipinski definition) is 2. The number of carbonyl (C=O) groups is 1. The maximum Gasteiger partial charge on any atom is 0.255 e. The molecule has 3 unspecified atom stereocenters. The Bertz CT molecular complexity index is 491. The van der Waals surface area contributed by atoms with Crippen molar-refractivity contribution in [2.24, 2.45) is 11.8 Å². The van der Waals surface area contributed by atoms with E-state index >= 15 is 0 Å².